The standard InChI is InChI=1S/C12H13N5O/c1-12(2,18)7-17-6-8(5-14-17)10-15-9-3-4-13-11(9)16-10/h3-6,18H,7H2,1-2H3. The minimum atomic E-state index is -0.796. The van der Waals surface area contributed by atoms with Crippen molar-refractivity contribution in [3.8, 4) is 0 Å². The molecule has 0 saturated heterocycles. The summed E-state index contributed by atoms with van der Waals surface area (Å²) in [6.45, 7) is 3.91. The molecule has 18 heavy (non-hydrogen) atoms. The van der Waals surface area contributed by atoms with Crippen LogP contribution in [0.2, 0.25) is 0 Å². The molecular formula is C12H13N5O. The Balaban J connectivity index is 1.83. The van der Waals surface area contributed by atoms with E-state index in [1.165, 1.54) is 0 Å². The Kier molecular flexibility index (Phi) is 2.27. The number of aliphatic hydroxyl groups is 1. The molecule has 0 saturated carbocycles. The normalized spacial score (nSPS) is 17.6. The number of amidine groups is 2. The van der Waals surface area contributed by atoms with E-state index >= 15 is 0 Å². The predicted octanol–water partition coefficient (Wildman–Crippen LogP) is 0.781. The van der Waals surface area contributed by atoms with E-state index in [1.807, 2.05) is 12.3 Å². The zero-order chi connectivity index (χ0) is 12.8. The third kappa shape index (κ3) is 2.02. The molecule has 3 rings (SSSR count). The molecule has 3 heterocycles. The minimum Gasteiger partial charge on any atom is -0.389 e. The third-order valence-corrected chi connectivity index (χ3v) is 2.54. The molecule has 0 spiro atoms. The summed E-state index contributed by atoms with van der Waals surface area (Å²) in [6.07, 6.45) is 7.03. The summed E-state index contributed by atoms with van der Waals surface area (Å²) in [5, 5.41) is 13.9. The van der Waals surface area contributed by atoms with Crippen molar-refractivity contribution in [2.75, 3.05) is 0 Å². The maximum absolute atomic E-state index is 9.73. The van der Waals surface area contributed by atoms with Gasteiger partial charge in [-0.3, -0.25) is 4.68 Å². The van der Waals surface area contributed by atoms with E-state index in [-0.39, 0.29) is 0 Å². The van der Waals surface area contributed by atoms with Crippen LogP contribution in [-0.4, -0.2) is 38.4 Å². The van der Waals surface area contributed by atoms with Crippen LogP contribution in [0, 0.1) is 0 Å². The van der Waals surface area contributed by atoms with Crippen LogP contribution < -0.4 is 0 Å². The molecule has 0 aromatic carbocycles. The number of allylic oxidation sites excluding steroid dienone is 1. The molecule has 1 N–H and O–H groups in total. The van der Waals surface area contributed by atoms with E-state index < -0.39 is 5.60 Å². The first-order chi connectivity index (χ1) is 8.51. The lowest BCUT2D eigenvalue weighted by molar-refractivity contribution is 0.0577. The summed E-state index contributed by atoms with van der Waals surface area (Å²) in [7, 11) is 0. The third-order valence-electron chi connectivity index (χ3n) is 2.54. The van der Waals surface area contributed by atoms with Gasteiger partial charge in [-0.25, -0.2) is 15.0 Å². The summed E-state index contributed by atoms with van der Waals surface area (Å²) in [6, 6.07) is 0. The highest BCUT2D eigenvalue weighted by Gasteiger charge is 2.21. The summed E-state index contributed by atoms with van der Waals surface area (Å²) in [4.78, 5) is 12.8. The first kappa shape index (κ1) is 11.0. The molecule has 0 unspecified atom stereocenters. The fraction of sp³-hybridized carbons (Fsp3) is 0.333. The summed E-state index contributed by atoms with van der Waals surface area (Å²) < 4.78 is 1.68. The van der Waals surface area contributed by atoms with Gasteiger partial charge in [0.15, 0.2) is 11.7 Å². The van der Waals surface area contributed by atoms with E-state index in [0.29, 0.717) is 18.2 Å². The summed E-state index contributed by atoms with van der Waals surface area (Å²) in [5.41, 5.74) is 0.827. The minimum absolute atomic E-state index is 0.428. The highest BCUT2D eigenvalue weighted by atomic mass is 16.3. The van der Waals surface area contributed by atoms with Gasteiger partial charge >= 0.3 is 0 Å². The van der Waals surface area contributed by atoms with E-state index in [1.54, 1.807) is 30.9 Å². The number of hydrogen-bond donors (Lipinski definition) is 1. The molecule has 6 nitrogen and oxygen atoms in total. The Bertz CT molecular complexity index is 613. The number of hydrogen-bond acceptors (Lipinski definition) is 5. The lowest BCUT2D eigenvalue weighted by atomic mass is 10.1. The smallest absolute Gasteiger partial charge is 0.180 e. The monoisotopic (exact) mass is 243 g/mol. The van der Waals surface area contributed by atoms with Crippen molar-refractivity contribution in [1.82, 2.24) is 9.78 Å². The molecule has 0 radical (unpaired) electrons. The molecule has 0 fully saturated rings. The van der Waals surface area contributed by atoms with Crippen LogP contribution in [0.3, 0.4) is 0 Å². The van der Waals surface area contributed by atoms with Gasteiger partial charge in [0.1, 0.15) is 5.70 Å². The number of rotatable bonds is 3. The van der Waals surface area contributed by atoms with E-state index in [0.717, 1.165) is 11.3 Å². The van der Waals surface area contributed by atoms with Crippen LogP contribution in [-0.2, 0) is 6.54 Å². The number of aromatic nitrogens is 2. The van der Waals surface area contributed by atoms with Crippen molar-refractivity contribution in [3.05, 3.63) is 29.7 Å². The average Bonchev–Trinajstić information content (AvgIpc) is 2.85. The maximum Gasteiger partial charge on any atom is 0.180 e. The lowest BCUT2D eigenvalue weighted by Gasteiger charge is -2.16. The number of fused-ring (bicyclic) bond motifs is 1. The molecule has 1 aromatic rings. The van der Waals surface area contributed by atoms with Crippen molar-refractivity contribution in [3.63, 3.8) is 0 Å². The molecule has 0 amide bonds. The van der Waals surface area contributed by atoms with Gasteiger partial charge in [0, 0.05) is 12.4 Å². The van der Waals surface area contributed by atoms with E-state index in [2.05, 4.69) is 20.1 Å². The Morgan fingerprint density at radius 2 is 2.11 bits per heavy atom. The fourth-order valence-electron chi connectivity index (χ4n) is 1.82. The molecule has 2 aliphatic rings. The van der Waals surface area contributed by atoms with Gasteiger partial charge in [-0.1, -0.05) is 0 Å². The molecule has 2 aliphatic heterocycles. The number of aliphatic imine (C=N–C) groups is 3. The number of nitrogens with zero attached hydrogens (tertiary/aromatic N) is 5. The van der Waals surface area contributed by atoms with Crippen molar-refractivity contribution in [2.24, 2.45) is 15.0 Å². The van der Waals surface area contributed by atoms with E-state index in [9.17, 15) is 5.11 Å². The molecule has 0 bridgehead atoms. The molecule has 0 aliphatic carbocycles. The second-order valence-electron chi connectivity index (χ2n) is 4.94. The van der Waals surface area contributed by atoms with Gasteiger partial charge in [0.05, 0.1) is 23.9 Å². The molecule has 1 aromatic heterocycles. The maximum atomic E-state index is 9.73. The van der Waals surface area contributed by atoms with Gasteiger partial charge in [-0.2, -0.15) is 5.10 Å². The molecule has 0 atom stereocenters. The van der Waals surface area contributed by atoms with Crippen LogP contribution in [0.1, 0.15) is 19.4 Å². The van der Waals surface area contributed by atoms with Crippen LogP contribution >= 0.6 is 0 Å². The SMILES string of the molecule is CC(C)(O)Cn1cc(C2=NC3=CC=NC3=N2)cn1. The van der Waals surface area contributed by atoms with Crippen LogP contribution in [0.5, 0.6) is 0 Å². The average molecular weight is 243 g/mol. The molecule has 92 valence electrons. The summed E-state index contributed by atoms with van der Waals surface area (Å²) in [5.74, 6) is 1.27. The fourth-order valence-corrected chi connectivity index (χ4v) is 1.82. The zero-order valence-electron chi connectivity index (χ0n) is 10.2. The van der Waals surface area contributed by atoms with Crippen molar-refractivity contribution >= 4 is 17.9 Å². The summed E-state index contributed by atoms with van der Waals surface area (Å²) >= 11 is 0. The highest BCUT2D eigenvalue weighted by Crippen LogP contribution is 2.18. The van der Waals surface area contributed by atoms with Gasteiger partial charge in [-0.05, 0) is 19.9 Å². The second kappa shape index (κ2) is 3.71. The van der Waals surface area contributed by atoms with Crippen molar-refractivity contribution in [1.29, 1.82) is 0 Å². The van der Waals surface area contributed by atoms with E-state index in [4.69, 9.17) is 0 Å². The van der Waals surface area contributed by atoms with Gasteiger partial charge in [0.25, 0.3) is 0 Å². The van der Waals surface area contributed by atoms with Crippen LogP contribution in [0.25, 0.3) is 0 Å². The molecule has 6 heteroatoms. The second-order valence-corrected chi connectivity index (χ2v) is 4.94. The van der Waals surface area contributed by atoms with Crippen LogP contribution in [0.15, 0.2) is 39.1 Å². The predicted molar refractivity (Wildman–Crippen MR) is 69.1 cm³/mol. The van der Waals surface area contributed by atoms with Crippen molar-refractivity contribution in [2.45, 2.75) is 26.0 Å². The van der Waals surface area contributed by atoms with Gasteiger partial charge in [-0.15, -0.1) is 0 Å². The Labute approximate surface area is 104 Å². The first-order valence-electron chi connectivity index (χ1n) is 5.69. The lowest BCUT2D eigenvalue weighted by Crippen LogP contribution is -2.26. The zero-order valence-corrected chi connectivity index (χ0v) is 10.2. The van der Waals surface area contributed by atoms with Crippen molar-refractivity contribution < 1.29 is 5.11 Å². The largest absolute Gasteiger partial charge is 0.389 e. The Morgan fingerprint density at radius 3 is 2.83 bits per heavy atom. The quantitative estimate of drug-likeness (QED) is 0.851. The van der Waals surface area contributed by atoms with Gasteiger partial charge < -0.3 is 5.11 Å². The topological polar surface area (TPSA) is 75.1 Å². The Hall–Kier alpha value is -2.08. The van der Waals surface area contributed by atoms with Gasteiger partial charge in [0.2, 0.25) is 0 Å². The molecular weight excluding hydrogens is 230 g/mol. The first-order valence-corrected chi connectivity index (χ1v) is 5.69. The Morgan fingerprint density at radius 1 is 1.28 bits per heavy atom. The highest BCUT2D eigenvalue weighted by molar-refractivity contribution is 6.22. The van der Waals surface area contributed by atoms with Crippen LogP contribution in [0.4, 0.5) is 0 Å².